The van der Waals surface area contributed by atoms with Crippen LogP contribution in [0.1, 0.15) is 121 Å². The van der Waals surface area contributed by atoms with Crippen LogP contribution in [-0.2, 0) is 47.8 Å². The van der Waals surface area contributed by atoms with Gasteiger partial charge >= 0.3 is 11.9 Å². The average molecular weight is 869 g/mol. The minimum atomic E-state index is -2.40. The zero-order valence-corrected chi connectivity index (χ0v) is 38.2. The number of likely N-dealkylation sites (tertiary alicyclic amines) is 1. The lowest BCUT2D eigenvalue weighted by Gasteiger charge is -2.61. The lowest BCUT2D eigenvalue weighted by atomic mass is 9.44. The van der Waals surface area contributed by atoms with Crippen molar-refractivity contribution < 1.29 is 58.0 Å². The number of carbonyl (C=O) groups excluding carboxylic acids is 8. The molecule has 16 nitrogen and oxygen atoms in total. The summed E-state index contributed by atoms with van der Waals surface area (Å²) >= 11 is 0. The lowest BCUT2D eigenvalue weighted by molar-refractivity contribution is -0.215. The second-order valence-electron chi connectivity index (χ2n) is 20.2. The van der Waals surface area contributed by atoms with Gasteiger partial charge in [-0.2, -0.15) is 0 Å². The van der Waals surface area contributed by atoms with E-state index in [0.717, 1.165) is 5.57 Å². The van der Waals surface area contributed by atoms with Crippen LogP contribution in [0.25, 0.3) is 0 Å². The van der Waals surface area contributed by atoms with Gasteiger partial charge in [-0.1, -0.05) is 74.0 Å². The fraction of sp³-hybridized carbons (Fsp3) is 0.739. The van der Waals surface area contributed by atoms with Gasteiger partial charge in [0.15, 0.2) is 11.4 Å². The SMILES string of the molecule is CCC(=O)O[C@]1(C(=O)C(O)OC(=O)[C@@H](NC(=O)[C@@H]2CCCN2C(=O)[C@H](C)NC(=O)[C@H](C)NC(=O)C(C)(C)C)C(C)C)CC[C@H]2[C@@H]3C[C@H](C)C4=CC(=O)C=C[C@]4(C)[C@H]3[C@@H](O)C[C@@]21C. The first-order valence-electron chi connectivity index (χ1n) is 22.2. The molecule has 62 heavy (non-hydrogen) atoms. The van der Waals surface area contributed by atoms with Crippen LogP contribution >= 0.6 is 0 Å². The molecule has 1 saturated heterocycles. The van der Waals surface area contributed by atoms with Gasteiger partial charge in [0.25, 0.3) is 6.29 Å². The number of aliphatic hydroxyl groups excluding tert-OH is 2. The molecule has 0 radical (unpaired) electrons. The Morgan fingerprint density at radius 1 is 0.984 bits per heavy atom. The standard InChI is InChI=1S/C46H68N4O12/c1-12-33(53)62-46(18-16-29-28-20-24(4)30-21-27(51)15-17-44(30,10)34(28)32(52)22-45(29,46)11)36(54)41(59)61-40(58)35(23(2)3)49-38(56)31-14-13-19-50(31)39(57)26(6)47-37(55)25(5)48-42(60)43(7,8)9/h15,17,21,23-26,28-29,31-32,34-35,41,52,59H,12-14,16,18-20,22H2,1-11H3,(H,47,55)(H,48,60)(H,49,56)/t24-,25-,26-,28-,29-,31-,32-,34+,35-,41?,44-,45-,46-/m0/s1. The molecule has 1 unspecified atom stereocenters. The molecule has 5 rings (SSSR count). The number of hydrogen-bond acceptors (Lipinski definition) is 12. The first-order valence-corrected chi connectivity index (χ1v) is 22.2. The van der Waals surface area contributed by atoms with Crippen molar-refractivity contribution >= 4 is 47.1 Å². The lowest BCUT2D eigenvalue weighted by Crippen LogP contribution is -2.64. The van der Waals surface area contributed by atoms with Crippen LogP contribution in [-0.4, -0.2) is 111 Å². The molecule has 5 aliphatic rings. The van der Waals surface area contributed by atoms with Gasteiger partial charge in [0, 0.05) is 35.1 Å². The normalized spacial score (nSPS) is 33.4. The van der Waals surface area contributed by atoms with Gasteiger partial charge in [0.2, 0.25) is 29.4 Å². The summed E-state index contributed by atoms with van der Waals surface area (Å²) in [5.41, 5.74) is -3.52. The van der Waals surface area contributed by atoms with Gasteiger partial charge in [-0.3, -0.25) is 33.6 Å². The third-order valence-corrected chi connectivity index (χ3v) is 14.6. The number of hydrogen-bond donors (Lipinski definition) is 5. The van der Waals surface area contributed by atoms with E-state index in [-0.39, 0.29) is 67.6 Å². The number of amides is 4. The van der Waals surface area contributed by atoms with Crippen molar-refractivity contribution in [3.63, 3.8) is 0 Å². The van der Waals surface area contributed by atoms with E-state index >= 15 is 0 Å². The first kappa shape index (κ1) is 48.6. The molecular formula is C46H68N4O12. The Bertz CT molecular complexity index is 1900. The number of nitrogens with one attached hydrogen (secondary N) is 3. The van der Waals surface area contributed by atoms with E-state index in [1.54, 1.807) is 54.5 Å². The number of Topliss-reactive ketones (excluding diaryl/α,β-unsaturated/α-hetero) is 1. The van der Waals surface area contributed by atoms with Gasteiger partial charge < -0.3 is 40.5 Å². The predicted molar refractivity (Wildman–Crippen MR) is 225 cm³/mol. The molecule has 1 heterocycles. The summed E-state index contributed by atoms with van der Waals surface area (Å²) in [7, 11) is 0. The molecule has 13 atom stereocenters. The fourth-order valence-electron chi connectivity index (χ4n) is 11.2. The molecule has 3 saturated carbocycles. The molecular weight excluding hydrogens is 801 g/mol. The number of carbonyl (C=O) groups is 8. The van der Waals surface area contributed by atoms with Crippen LogP contribution in [0.15, 0.2) is 23.8 Å². The number of allylic oxidation sites excluding steroid dienone is 4. The summed E-state index contributed by atoms with van der Waals surface area (Å²) in [6.07, 6.45) is 3.46. The highest BCUT2D eigenvalue weighted by Crippen LogP contribution is 2.68. The van der Waals surface area contributed by atoms with Gasteiger partial charge in [-0.25, -0.2) is 4.79 Å². The monoisotopic (exact) mass is 868 g/mol. The van der Waals surface area contributed by atoms with Gasteiger partial charge in [0.1, 0.15) is 24.2 Å². The molecule has 344 valence electrons. The molecule has 0 aromatic rings. The van der Waals surface area contributed by atoms with E-state index in [2.05, 4.69) is 16.0 Å². The molecule has 1 aliphatic heterocycles. The third kappa shape index (κ3) is 8.87. The van der Waals surface area contributed by atoms with Crippen LogP contribution in [0.4, 0.5) is 0 Å². The van der Waals surface area contributed by atoms with Crippen molar-refractivity contribution in [1.82, 2.24) is 20.9 Å². The quantitative estimate of drug-likeness (QED) is 0.133. The molecule has 16 heteroatoms. The number of ether oxygens (including phenoxy) is 2. The summed E-state index contributed by atoms with van der Waals surface area (Å²) < 4.78 is 11.5. The van der Waals surface area contributed by atoms with E-state index in [1.165, 1.54) is 24.8 Å². The van der Waals surface area contributed by atoms with Crippen LogP contribution in [0.3, 0.4) is 0 Å². The number of fused-ring (bicyclic) bond motifs is 5. The van der Waals surface area contributed by atoms with E-state index in [4.69, 9.17) is 9.47 Å². The predicted octanol–water partition coefficient (Wildman–Crippen LogP) is 2.82. The molecule has 0 spiro atoms. The highest BCUT2D eigenvalue weighted by Gasteiger charge is 2.72. The van der Waals surface area contributed by atoms with E-state index in [9.17, 15) is 48.6 Å². The summed E-state index contributed by atoms with van der Waals surface area (Å²) in [6, 6.07) is -4.35. The van der Waals surface area contributed by atoms with Crippen LogP contribution in [0, 0.1) is 45.8 Å². The number of aliphatic hydroxyl groups is 2. The van der Waals surface area contributed by atoms with E-state index < -0.39 is 99.8 Å². The Hall–Kier alpha value is -4.44. The molecule has 0 bridgehead atoms. The number of rotatable bonds is 13. The van der Waals surface area contributed by atoms with Crippen molar-refractivity contribution in [2.24, 2.45) is 45.8 Å². The molecule has 5 N–H and O–H groups in total. The van der Waals surface area contributed by atoms with Crippen molar-refractivity contribution in [1.29, 1.82) is 0 Å². The Morgan fingerprint density at radius 3 is 2.26 bits per heavy atom. The zero-order valence-electron chi connectivity index (χ0n) is 38.2. The maximum atomic E-state index is 14.7. The second-order valence-corrected chi connectivity index (χ2v) is 20.2. The fourth-order valence-corrected chi connectivity index (χ4v) is 11.2. The minimum Gasteiger partial charge on any atom is -0.450 e. The molecule has 4 amide bonds. The van der Waals surface area contributed by atoms with Crippen LogP contribution < -0.4 is 16.0 Å². The number of esters is 2. The van der Waals surface area contributed by atoms with Crippen molar-refractivity contribution in [2.45, 2.75) is 163 Å². The van der Waals surface area contributed by atoms with Gasteiger partial charge in [-0.05, 0) is 88.2 Å². The molecule has 0 aromatic heterocycles. The van der Waals surface area contributed by atoms with Crippen molar-refractivity contribution in [3.05, 3.63) is 23.8 Å². The average Bonchev–Trinajstić information content (AvgIpc) is 3.79. The van der Waals surface area contributed by atoms with E-state index in [1.807, 2.05) is 19.9 Å². The third-order valence-electron chi connectivity index (χ3n) is 14.6. The van der Waals surface area contributed by atoms with Crippen molar-refractivity contribution in [3.8, 4) is 0 Å². The molecule has 4 aliphatic carbocycles. The maximum Gasteiger partial charge on any atom is 0.331 e. The maximum absolute atomic E-state index is 14.7. The van der Waals surface area contributed by atoms with Crippen LogP contribution in [0.2, 0.25) is 0 Å². The van der Waals surface area contributed by atoms with Crippen LogP contribution in [0.5, 0.6) is 0 Å². The van der Waals surface area contributed by atoms with Gasteiger partial charge in [0.05, 0.1) is 6.10 Å². The second kappa shape index (κ2) is 18.0. The Labute approximate surface area is 364 Å². The summed E-state index contributed by atoms with van der Waals surface area (Å²) in [5.74, 6) is -6.38. The van der Waals surface area contributed by atoms with Gasteiger partial charge in [-0.15, -0.1) is 0 Å². The minimum absolute atomic E-state index is 0.00947. The molecule has 4 fully saturated rings. The summed E-state index contributed by atoms with van der Waals surface area (Å²) in [6.45, 7) is 19.0. The largest absolute Gasteiger partial charge is 0.450 e. The highest BCUT2D eigenvalue weighted by atomic mass is 16.6. The van der Waals surface area contributed by atoms with E-state index in [0.29, 0.717) is 19.3 Å². The number of nitrogens with zero attached hydrogens (tertiary/aromatic N) is 1. The Kier molecular flexibility index (Phi) is 14.1. The smallest absolute Gasteiger partial charge is 0.331 e. The Balaban J connectivity index is 1.30. The first-order chi connectivity index (χ1) is 28.7. The highest BCUT2D eigenvalue weighted by molar-refractivity contribution is 6.01. The molecule has 0 aromatic carbocycles. The van der Waals surface area contributed by atoms with Crippen molar-refractivity contribution in [2.75, 3.05) is 6.54 Å². The zero-order chi connectivity index (χ0) is 46.4. The topological polar surface area (TPSA) is 235 Å². The summed E-state index contributed by atoms with van der Waals surface area (Å²) in [5, 5.41) is 31.4. The number of ketones is 2. The summed E-state index contributed by atoms with van der Waals surface area (Å²) in [4.78, 5) is 108. The Morgan fingerprint density at radius 2 is 1.65 bits per heavy atom.